The second kappa shape index (κ2) is 3.95. The second-order valence-corrected chi connectivity index (χ2v) is 3.95. The quantitative estimate of drug-likeness (QED) is 0.678. The molecule has 3 nitrogen and oxygen atoms in total. The Hall–Kier alpha value is -1.12. The molecule has 1 heterocycles. The summed E-state index contributed by atoms with van der Waals surface area (Å²) in [6.45, 7) is 1.89. The molecule has 0 spiro atoms. The lowest BCUT2D eigenvalue weighted by Gasteiger charge is -2.19. The van der Waals surface area contributed by atoms with Crippen LogP contribution >= 0.6 is 0 Å². The van der Waals surface area contributed by atoms with Gasteiger partial charge in [0.1, 0.15) is 5.76 Å². The Labute approximate surface area is 83.5 Å². The van der Waals surface area contributed by atoms with Crippen molar-refractivity contribution >= 4 is 6.29 Å². The smallest absolute Gasteiger partial charge is 0.260 e. The predicted octanol–water partition coefficient (Wildman–Crippen LogP) is 2.84. The van der Waals surface area contributed by atoms with Crippen molar-refractivity contribution in [3.05, 3.63) is 17.3 Å². The molecule has 1 fully saturated rings. The largest absolute Gasteiger partial charge is 0.439 e. The van der Waals surface area contributed by atoms with Crippen molar-refractivity contribution in [1.29, 1.82) is 0 Å². The predicted molar refractivity (Wildman–Crippen MR) is 52.5 cm³/mol. The monoisotopic (exact) mass is 193 g/mol. The summed E-state index contributed by atoms with van der Waals surface area (Å²) < 4.78 is 5.24. The van der Waals surface area contributed by atoms with Crippen LogP contribution in [-0.4, -0.2) is 11.3 Å². The summed E-state index contributed by atoms with van der Waals surface area (Å²) in [5.74, 6) is 1.56. The van der Waals surface area contributed by atoms with Crippen LogP contribution in [0.25, 0.3) is 0 Å². The Bertz CT molecular complexity index is 324. The third-order valence-electron chi connectivity index (χ3n) is 2.94. The van der Waals surface area contributed by atoms with Crippen LogP contribution < -0.4 is 0 Å². The molecule has 1 aliphatic rings. The summed E-state index contributed by atoms with van der Waals surface area (Å²) in [5.41, 5.74) is 1.01. The molecule has 0 radical (unpaired) electrons. The number of nitrogens with zero attached hydrogens (tertiary/aromatic N) is 1. The summed E-state index contributed by atoms with van der Waals surface area (Å²) in [4.78, 5) is 14.7. The molecule has 1 aliphatic carbocycles. The minimum atomic E-state index is 0.225. The van der Waals surface area contributed by atoms with Gasteiger partial charge in [-0.05, 0) is 19.8 Å². The van der Waals surface area contributed by atoms with E-state index in [0.717, 1.165) is 11.5 Å². The number of aryl methyl sites for hydroxylation is 1. The van der Waals surface area contributed by atoms with E-state index in [1.807, 2.05) is 6.92 Å². The van der Waals surface area contributed by atoms with E-state index < -0.39 is 0 Å². The first-order valence-electron chi connectivity index (χ1n) is 5.24. The number of carbonyl (C=O) groups excluding carboxylic acids is 1. The Morgan fingerprint density at radius 3 is 2.64 bits per heavy atom. The van der Waals surface area contributed by atoms with E-state index in [-0.39, 0.29) is 5.89 Å². The maximum atomic E-state index is 10.5. The van der Waals surface area contributed by atoms with E-state index >= 15 is 0 Å². The minimum Gasteiger partial charge on any atom is -0.439 e. The third-order valence-corrected chi connectivity index (χ3v) is 2.94. The van der Waals surface area contributed by atoms with Gasteiger partial charge in [0, 0.05) is 5.92 Å². The molecule has 0 atom stereocenters. The number of rotatable bonds is 2. The molecule has 2 rings (SSSR count). The van der Waals surface area contributed by atoms with Crippen molar-refractivity contribution in [3.63, 3.8) is 0 Å². The van der Waals surface area contributed by atoms with Crippen LogP contribution in [0.3, 0.4) is 0 Å². The van der Waals surface area contributed by atoms with E-state index in [1.54, 1.807) is 0 Å². The van der Waals surface area contributed by atoms with Gasteiger partial charge in [0.25, 0.3) is 5.89 Å². The zero-order chi connectivity index (χ0) is 9.97. The molecule has 0 unspecified atom stereocenters. The summed E-state index contributed by atoms with van der Waals surface area (Å²) in [6.07, 6.45) is 6.92. The van der Waals surface area contributed by atoms with Crippen LogP contribution in [0.1, 0.15) is 60.2 Å². The van der Waals surface area contributed by atoms with Crippen LogP contribution in [-0.2, 0) is 0 Å². The number of aldehydes is 1. The van der Waals surface area contributed by atoms with Crippen molar-refractivity contribution in [2.24, 2.45) is 0 Å². The van der Waals surface area contributed by atoms with Crippen molar-refractivity contribution in [1.82, 2.24) is 4.98 Å². The molecular formula is C11H15NO2. The maximum absolute atomic E-state index is 10.5. The van der Waals surface area contributed by atoms with E-state index in [4.69, 9.17) is 4.42 Å². The summed E-state index contributed by atoms with van der Waals surface area (Å²) >= 11 is 0. The molecule has 3 heteroatoms. The highest BCUT2D eigenvalue weighted by atomic mass is 16.4. The SMILES string of the molecule is Cc1oc(C=O)nc1C1CCCCC1. The van der Waals surface area contributed by atoms with Crippen molar-refractivity contribution < 1.29 is 9.21 Å². The number of carbonyl (C=O) groups is 1. The Morgan fingerprint density at radius 2 is 2.07 bits per heavy atom. The van der Waals surface area contributed by atoms with Crippen LogP contribution in [0.2, 0.25) is 0 Å². The lowest BCUT2D eigenvalue weighted by molar-refractivity contribution is 0.109. The molecule has 0 N–H and O–H groups in total. The van der Waals surface area contributed by atoms with E-state index in [2.05, 4.69) is 4.98 Å². The zero-order valence-corrected chi connectivity index (χ0v) is 8.45. The molecule has 1 aromatic rings. The highest BCUT2D eigenvalue weighted by Gasteiger charge is 2.21. The van der Waals surface area contributed by atoms with Gasteiger partial charge in [0.05, 0.1) is 5.69 Å². The van der Waals surface area contributed by atoms with E-state index in [9.17, 15) is 4.79 Å². The highest BCUT2D eigenvalue weighted by Crippen LogP contribution is 2.33. The third kappa shape index (κ3) is 1.72. The highest BCUT2D eigenvalue weighted by molar-refractivity contribution is 5.67. The van der Waals surface area contributed by atoms with Crippen LogP contribution in [0.15, 0.2) is 4.42 Å². The topological polar surface area (TPSA) is 43.1 Å². The normalized spacial score (nSPS) is 18.4. The fourth-order valence-electron chi connectivity index (χ4n) is 2.23. The number of aromatic nitrogens is 1. The average Bonchev–Trinajstić information content (AvgIpc) is 2.61. The van der Waals surface area contributed by atoms with Gasteiger partial charge in [0.15, 0.2) is 0 Å². The van der Waals surface area contributed by atoms with Gasteiger partial charge in [0.2, 0.25) is 6.29 Å². The van der Waals surface area contributed by atoms with Gasteiger partial charge in [-0.15, -0.1) is 0 Å². The van der Waals surface area contributed by atoms with Crippen LogP contribution in [0.5, 0.6) is 0 Å². The fourth-order valence-corrected chi connectivity index (χ4v) is 2.23. The molecular weight excluding hydrogens is 178 g/mol. The zero-order valence-electron chi connectivity index (χ0n) is 8.45. The van der Waals surface area contributed by atoms with Crippen molar-refractivity contribution in [3.8, 4) is 0 Å². The molecule has 0 saturated heterocycles. The summed E-state index contributed by atoms with van der Waals surface area (Å²) in [5, 5.41) is 0. The Balaban J connectivity index is 2.20. The summed E-state index contributed by atoms with van der Waals surface area (Å²) in [7, 11) is 0. The van der Waals surface area contributed by atoms with Gasteiger partial charge in [-0.1, -0.05) is 19.3 Å². The first-order valence-corrected chi connectivity index (χ1v) is 5.24. The van der Waals surface area contributed by atoms with Gasteiger partial charge in [-0.25, -0.2) is 4.98 Å². The molecule has 14 heavy (non-hydrogen) atoms. The molecule has 0 amide bonds. The Morgan fingerprint density at radius 1 is 1.36 bits per heavy atom. The minimum absolute atomic E-state index is 0.225. The Kier molecular flexibility index (Phi) is 2.66. The number of hydrogen-bond donors (Lipinski definition) is 0. The molecule has 1 aromatic heterocycles. The van der Waals surface area contributed by atoms with Gasteiger partial charge < -0.3 is 4.42 Å². The lowest BCUT2D eigenvalue weighted by Crippen LogP contribution is -2.06. The van der Waals surface area contributed by atoms with Crippen molar-refractivity contribution in [2.75, 3.05) is 0 Å². The molecule has 1 saturated carbocycles. The first kappa shape index (κ1) is 9.44. The van der Waals surface area contributed by atoms with Gasteiger partial charge in [-0.2, -0.15) is 0 Å². The van der Waals surface area contributed by atoms with Gasteiger partial charge >= 0.3 is 0 Å². The average molecular weight is 193 g/mol. The number of hydrogen-bond acceptors (Lipinski definition) is 3. The second-order valence-electron chi connectivity index (χ2n) is 3.95. The fraction of sp³-hybridized carbons (Fsp3) is 0.636. The molecule has 0 aromatic carbocycles. The molecule has 0 bridgehead atoms. The van der Waals surface area contributed by atoms with E-state index in [0.29, 0.717) is 12.2 Å². The summed E-state index contributed by atoms with van der Waals surface area (Å²) in [6, 6.07) is 0. The van der Waals surface area contributed by atoms with Crippen molar-refractivity contribution in [2.45, 2.75) is 44.9 Å². The van der Waals surface area contributed by atoms with E-state index in [1.165, 1.54) is 32.1 Å². The van der Waals surface area contributed by atoms with Crippen LogP contribution in [0, 0.1) is 6.92 Å². The standard InChI is InChI=1S/C11H15NO2/c1-8-11(12-10(7-13)14-8)9-5-3-2-4-6-9/h7,9H,2-6H2,1H3. The van der Waals surface area contributed by atoms with Gasteiger partial charge in [-0.3, -0.25) is 4.79 Å². The lowest BCUT2D eigenvalue weighted by atomic mass is 9.86. The van der Waals surface area contributed by atoms with Crippen LogP contribution in [0.4, 0.5) is 0 Å². The first-order chi connectivity index (χ1) is 6.81. The molecule has 0 aliphatic heterocycles. The number of oxazole rings is 1. The molecule has 76 valence electrons. The maximum Gasteiger partial charge on any atom is 0.260 e.